The van der Waals surface area contributed by atoms with Crippen LogP contribution < -0.4 is 21.7 Å². The number of hydrogen-bond donors (Lipinski definition) is 6. The summed E-state index contributed by atoms with van der Waals surface area (Å²) >= 11 is 0. The highest BCUT2D eigenvalue weighted by atomic mass is 16.4. The van der Waals surface area contributed by atoms with Gasteiger partial charge >= 0.3 is 5.97 Å². The molecular weight excluding hydrogens is 554 g/mol. The fourth-order valence-corrected chi connectivity index (χ4v) is 5.20. The van der Waals surface area contributed by atoms with Crippen LogP contribution in [0, 0.1) is 17.8 Å². The molecule has 0 unspecified atom stereocenters. The van der Waals surface area contributed by atoms with Gasteiger partial charge in [-0.05, 0) is 67.6 Å². The van der Waals surface area contributed by atoms with E-state index in [1.54, 1.807) is 26.0 Å². The van der Waals surface area contributed by atoms with Gasteiger partial charge in [-0.15, -0.1) is 0 Å². The van der Waals surface area contributed by atoms with Crippen LogP contribution in [0.1, 0.15) is 72.8 Å². The summed E-state index contributed by atoms with van der Waals surface area (Å²) in [6.45, 7) is 11.4. The van der Waals surface area contributed by atoms with Crippen LogP contribution in [0.25, 0.3) is 0 Å². The predicted octanol–water partition coefficient (Wildman–Crippen LogP) is 1.54. The summed E-state index contributed by atoms with van der Waals surface area (Å²) in [6.07, 6.45) is 1.77. The highest BCUT2D eigenvalue weighted by Gasteiger charge is 2.39. The van der Waals surface area contributed by atoms with Gasteiger partial charge in [0.2, 0.25) is 23.6 Å². The van der Waals surface area contributed by atoms with Crippen molar-refractivity contribution in [3.63, 3.8) is 0 Å². The third-order valence-electron chi connectivity index (χ3n) is 7.46. The number of phenolic OH excluding ortho intramolecular Hbond substituents is 1. The number of carbonyl (C=O) groups is 5. The van der Waals surface area contributed by atoms with Crippen LogP contribution in [0.15, 0.2) is 24.3 Å². The zero-order chi connectivity index (χ0) is 32.4. The van der Waals surface area contributed by atoms with E-state index in [4.69, 9.17) is 5.73 Å². The highest BCUT2D eigenvalue weighted by Crippen LogP contribution is 2.21. The first-order valence-corrected chi connectivity index (χ1v) is 15.1. The van der Waals surface area contributed by atoms with E-state index in [1.807, 2.05) is 27.7 Å². The molecule has 7 N–H and O–H groups in total. The van der Waals surface area contributed by atoms with Crippen molar-refractivity contribution in [1.29, 1.82) is 0 Å². The Morgan fingerprint density at radius 1 is 0.884 bits per heavy atom. The third kappa shape index (κ3) is 10.8. The van der Waals surface area contributed by atoms with E-state index in [-0.39, 0.29) is 48.7 Å². The normalized spacial score (nSPS) is 17.8. The Bertz CT molecular complexity index is 1120. The number of amides is 4. The molecule has 1 aromatic carbocycles. The fourth-order valence-electron chi connectivity index (χ4n) is 5.20. The van der Waals surface area contributed by atoms with Crippen LogP contribution in [-0.4, -0.2) is 81.5 Å². The standard InChI is InChI=1S/C31H49N5O7/c1-17(2)14-23(27(38)34-24(31(42)43)15-18(3)4)33-29(40)26(19(5)6)35-28(39)25-8-7-13-36(25)30(41)22(32)16-20-9-11-21(37)12-10-20/h9-12,17-19,22-26,37H,7-8,13-16,32H2,1-6H3,(H,33,40)(H,34,38)(H,35,39)(H,42,43)/t22-,23-,24-,25-,26-/m0/s1. The maximum absolute atomic E-state index is 13.4. The monoisotopic (exact) mass is 603 g/mol. The second-order valence-corrected chi connectivity index (χ2v) is 12.6. The third-order valence-corrected chi connectivity index (χ3v) is 7.46. The second kappa shape index (κ2) is 16.3. The summed E-state index contributed by atoms with van der Waals surface area (Å²) in [5, 5.41) is 27.1. The molecule has 5 atom stereocenters. The average molecular weight is 604 g/mol. The smallest absolute Gasteiger partial charge is 0.326 e. The summed E-state index contributed by atoms with van der Waals surface area (Å²) in [5.41, 5.74) is 6.98. The zero-order valence-electron chi connectivity index (χ0n) is 26.1. The fraction of sp³-hybridized carbons (Fsp3) is 0.645. The molecule has 0 saturated carbocycles. The minimum atomic E-state index is -1.15. The Kier molecular flexibility index (Phi) is 13.4. The second-order valence-electron chi connectivity index (χ2n) is 12.6. The van der Waals surface area contributed by atoms with Crippen LogP contribution in [0.2, 0.25) is 0 Å². The number of likely N-dealkylation sites (tertiary alicyclic amines) is 1. The topological polar surface area (TPSA) is 191 Å². The molecule has 4 amide bonds. The van der Waals surface area contributed by atoms with Crippen LogP contribution in [0.3, 0.4) is 0 Å². The highest BCUT2D eigenvalue weighted by molar-refractivity contribution is 5.95. The number of hydrogen-bond acceptors (Lipinski definition) is 7. The van der Waals surface area contributed by atoms with Gasteiger partial charge in [-0.25, -0.2) is 4.79 Å². The number of aromatic hydroxyl groups is 1. The predicted molar refractivity (Wildman–Crippen MR) is 162 cm³/mol. The zero-order valence-corrected chi connectivity index (χ0v) is 26.1. The van der Waals surface area contributed by atoms with Crippen molar-refractivity contribution < 1.29 is 34.2 Å². The van der Waals surface area contributed by atoms with Gasteiger partial charge in [0.05, 0.1) is 6.04 Å². The lowest BCUT2D eigenvalue weighted by molar-refractivity contribution is -0.143. The summed E-state index contributed by atoms with van der Waals surface area (Å²) in [5.74, 6) is -3.37. The van der Waals surface area contributed by atoms with Crippen molar-refractivity contribution in [2.75, 3.05) is 6.54 Å². The van der Waals surface area contributed by atoms with E-state index in [2.05, 4.69) is 16.0 Å². The van der Waals surface area contributed by atoms with Crippen molar-refractivity contribution in [3.05, 3.63) is 29.8 Å². The van der Waals surface area contributed by atoms with Crippen molar-refractivity contribution >= 4 is 29.6 Å². The molecule has 1 fully saturated rings. The van der Waals surface area contributed by atoms with E-state index in [1.165, 1.54) is 17.0 Å². The van der Waals surface area contributed by atoms with Gasteiger partial charge in [-0.1, -0.05) is 53.7 Å². The average Bonchev–Trinajstić information content (AvgIpc) is 3.41. The number of carboxylic acid groups (broad SMARTS) is 1. The lowest BCUT2D eigenvalue weighted by Gasteiger charge is -2.30. The first kappa shape index (κ1) is 35.5. The number of phenols is 1. The molecule has 0 aliphatic carbocycles. The van der Waals surface area contributed by atoms with Crippen LogP contribution in [-0.2, 0) is 30.4 Å². The first-order chi connectivity index (χ1) is 20.1. The van der Waals surface area contributed by atoms with E-state index in [0.717, 1.165) is 5.56 Å². The van der Waals surface area contributed by atoms with Crippen LogP contribution in [0.5, 0.6) is 5.75 Å². The van der Waals surface area contributed by atoms with Crippen molar-refractivity contribution in [2.45, 2.75) is 104 Å². The van der Waals surface area contributed by atoms with Gasteiger partial charge < -0.3 is 36.8 Å². The molecule has 1 saturated heterocycles. The first-order valence-electron chi connectivity index (χ1n) is 15.1. The minimum Gasteiger partial charge on any atom is -0.508 e. The van der Waals surface area contributed by atoms with E-state index < -0.39 is 53.9 Å². The van der Waals surface area contributed by atoms with Gasteiger partial charge in [-0.2, -0.15) is 0 Å². The SMILES string of the molecule is CC(C)C[C@H](NC(=O)[C@H](CC(C)C)NC(=O)[C@@H](NC(=O)[C@@H]1CCCN1C(=O)[C@@H](N)Cc1ccc(O)cc1)C(C)C)C(=O)O. The number of nitrogens with one attached hydrogen (secondary N) is 3. The van der Waals surface area contributed by atoms with Gasteiger partial charge in [0.1, 0.15) is 29.9 Å². The number of aliphatic carboxylic acids is 1. The largest absolute Gasteiger partial charge is 0.508 e. The number of rotatable bonds is 15. The summed E-state index contributed by atoms with van der Waals surface area (Å²) in [6, 6.07) is 1.63. The molecule has 1 aliphatic rings. The molecule has 12 heteroatoms. The number of nitrogens with two attached hydrogens (primary N) is 1. The molecule has 12 nitrogen and oxygen atoms in total. The maximum Gasteiger partial charge on any atom is 0.326 e. The van der Waals surface area contributed by atoms with Crippen molar-refractivity contribution in [3.8, 4) is 5.75 Å². The molecule has 0 bridgehead atoms. The number of carboxylic acids is 1. The van der Waals surface area contributed by atoms with Gasteiger partial charge in [-0.3, -0.25) is 19.2 Å². The Balaban J connectivity index is 2.12. The molecule has 1 aromatic rings. The Morgan fingerprint density at radius 2 is 1.44 bits per heavy atom. The maximum atomic E-state index is 13.4. The van der Waals surface area contributed by atoms with E-state index in [0.29, 0.717) is 19.4 Å². The van der Waals surface area contributed by atoms with Crippen LogP contribution >= 0.6 is 0 Å². The lowest BCUT2D eigenvalue weighted by atomic mass is 9.98. The molecule has 0 aromatic heterocycles. The van der Waals surface area contributed by atoms with Crippen LogP contribution in [0.4, 0.5) is 0 Å². The number of nitrogens with zero attached hydrogens (tertiary/aromatic N) is 1. The number of benzene rings is 1. The van der Waals surface area contributed by atoms with E-state index in [9.17, 15) is 34.2 Å². The lowest BCUT2D eigenvalue weighted by Crippen LogP contribution is -2.59. The molecule has 2 rings (SSSR count). The van der Waals surface area contributed by atoms with Gasteiger partial charge in [0, 0.05) is 6.54 Å². The summed E-state index contributed by atoms with van der Waals surface area (Å²) in [7, 11) is 0. The number of carbonyl (C=O) groups excluding carboxylic acids is 4. The van der Waals surface area contributed by atoms with Crippen molar-refractivity contribution in [1.82, 2.24) is 20.9 Å². The Hall–Kier alpha value is -3.67. The quantitative estimate of drug-likeness (QED) is 0.174. The molecule has 0 radical (unpaired) electrons. The van der Waals surface area contributed by atoms with Gasteiger partial charge in [0.25, 0.3) is 0 Å². The Labute approximate surface area is 254 Å². The molecule has 1 aliphatic heterocycles. The Morgan fingerprint density at radius 3 is 1.98 bits per heavy atom. The van der Waals surface area contributed by atoms with Gasteiger partial charge in [0.15, 0.2) is 0 Å². The summed E-state index contributed by atoms with van der Waals surface area (Å²) < 4.78 is 0. The molecule has 0 spiro atoms. The van der Waals surface area contributed by atoms with Crippen molar-refractivity contribution in [2.24, 2.45) is 23.5 Å². The molecule has 1 heterocycles. The molecule has 240 valence electrons. The van der Waals surface area contributed by atoms with E-state index >= 15 is 0 Å². The molecular formula is C31H49N5O7. The summed E-state index contributed by atoms with van der Waals surface area (Å²) in [4.78, 5) is 66.4. The molecule has 43 heavy (non-hydrogen) atoms. The minimum absolute atomic E-state index is 0.0142.